The third-order valence-corrected chi connectivity index (χ3v) is 6.58. The van der Waals surface area contributed by atoms with E-state index < -0.39 is 0 Å². The fraction of sp³-hybridized carbons (Fsp3) is 0.455. The van der Waals surface area contributed by atoms with Gasteiger partial charge in [0.2, 0.25) is 0 Å². The average Bonchev–Trinajstić information content (AvgIpc) is 2.79. The van der Waals surface area contributed by atoms with Crippen molar-refractivity contribution < 1.29 is 14.3 Å². The third-order valence-electron chi connectivity index (χ3n) is 5.57. The number of piperidine rings is 1. The summed E-state index contributed by atoms with van der Waals surface area (Å²) in [6.07, 6.45) is 5.72. The number of para-hydroxylation sites is 1. The van der Waals surface area contributed by atoms with Crippen LogP contribution in [0, 0.1) is 5.92 Å². The molecule has 1 N–H and O–H groups in total. The summed E-state index contributed by atoms with van der Waals surface area (Å²) in [5, 5.41) is 4.44. The number of thioether (sulfide) groups is 1. The molecule has 1 amide bonds. The van der Waals surface area contributed by atoms with Gasteiger partial charge in [-0.3, -0.25) is 9.69 Å². The van der Waals surface area contributed by atoms with E-state index in [0.29, 0.717) is 41.2 Å². The Kier molecular flexibility index (Phi) is 7.02. The van der Waals surface area contributed by atoms with Crippen molar-refractivity contribution in [3.63, 3.8) is 0 Å². The lowest BCUT2D eigenvalue weighted by Crippen LogP contribution is -2.45. The Labute approximate surface area is 186 Å². The SMILES string of the molecule is CSc1ncccc1C(=O)NCC1CCN(CC2COc3cccc(Cl)c3O2)CC1. The fourth-order valence-corrected chi connectivity index (χ4v) is 4.67. The number of halogens is 1. The third kappa shape index (κ3) is 5.02. The van der Waals surface area contributed by atoms with Crippen molar-refractivity contribution in [1.29, 1.82) is 0 Å². The van der Waals surface area contributed by atoms with Crippen LogP contribution in [0.4, 0.5) is 0 Å². The minimum Gasteiger partial charge on any atom is -0.486 e. The van der Waals surface area contributed by atoms with Crippen LogP contribution in [0.5, 0.6) is 11.5 Å². The van der Waals surface area contributed by atoms with Crippen LogP contribution in [0.3, 0.4) is 0 Å². The number of hydrogen-bond donors (Lipinski definition) is 1. The number of rotatable bonds is 6. The van der Waals surface area contributed by atoms with Crippen molar-refractivity contribution in [2.75, 3.05) is 39.0 Å². The van der Waals surface area contributed by atoms with E-state index in [2.05, 4.69) is 15.2 Å². The second-order valence-electron chi connectivity index (χ2n) is 7.63. The molecule has 2 aromatic rings. The lowest BCUT2D eigenvalue weighted by molar-refractivity contribution is 0.0477. The van der Waals surface area contributed by atoms with Crippen LogP contribution >= 0.6 is 23.4 Å². The highest BCUT2D eigenvalue weighted by Crippen LogP contribution is 2.38. The standard InChI is InChI=1S/C22H26ClN3O3S/c1-30-22-17(4-3-9-24-22)21(27)25-12-15-7-10-26(11-8-15)13-16-14-28-19-6-2-5-18(23)20(19)29-16/h2-6,9,15-16H,7-8,10-14H2,1H3,(H,25,27). The lowest BCUT2D eigenvalue weighted by atomic mass is 9.96. The van der Waals surface area contributed by atoms with Gasteiger partial charge in [-0.25, -0.2) is 4.98 Å². The smallest absolute Gasteiger partial charge is 0.254 e. The molecule has 0 bridgehead atoms. The predicted molar refractivity (Wildman–Crippen MR) is 119 cm³/mol. The molecule has 8 heteroatoms. The van der Waals surface area contributed by atoms with Crippen LogP contribution in [0.1, 0.15) is 23.2 Å². The van der Waals surface area contributed by atoms with Crippen molar-refractivity contribution in [3.05, 3.63) is 47.1 Å². The maximum Gasteiger partial charge on any atom is 0.254 e. The minimum absolute atomic E-state index is 0.0239. The van der Waals surface area contributed by atoms with Gasteiger partial charge in [0.1, 0.15) is 17.7 Å². The van der Waals surface area contributed by atoms with Crippen LogP contribution < -0.4 is 14.8 Å². The van der Waals surface area contributed by atoms with Crippen molar-refractivity contribution in [3.8, 4) is 11.5 Å². The van der Waals surface area contributed by atoms with Crippen molar-refractivity contribution in [2.45, 2.75) is 24.0 Å². The van der Waals surface area contributed by atoms with E-state index in [1.807, 2.05) is 30.5 Å². The molecule has 1 aromatic heterocycles. The molecule has 0 aliphatic carbocycles. The van der Waals surface area contributed by atoms with Gasteiger partial charge in [0.25, 0.3) is 5.91 Å². The van der Waals surface area contributed by atoms with Crippen LogP contribution in [-0.4, -0.2) is 60.9 Å². The largest absolute Gasteiger partial charge is 0.486 e. The molecule has 2 aliphatic rings. The monoisotopic (exact) mass is 447 g/mol. The van der Waals surface area contributed by atoms with E-state index in [0.717, 1.165) is 37.5 Å². The summed E-state index contributed by atoms with van der Waals surface area (Å²) < 4.78 is 11.9. The number of hydrogen-bond acceptors (Lipinski definition) is 6. The van der Waals surface area contributed by atoms with Crippen molar-refractivity contribution >= 4 is 29.3 Å². The normalized spacial score (nSPS) is 19.5. The molecule has 0 spiro atoms. The molecule has 1 atom stereocenters. The molecule has 1 saturated heterocycles. The molecule has 1 unspecified atom stereocenters. The summed E-state index contributed by atoms with van der Waals surface area (Å²) in [5.41, 5.74) is 0.649. The quantitative estimate of drug-likeness (QED) is 0.680. The first-order valence-corrected chi connectivity index (χ1v) is 11.8. The zero-order valence-corrected chi connectivity index (χ0v) is 18.5. The second-order valence-corrected chi connectivity index (χ2v) is 8.83. The Morgan fingerprint density at radius 1 is 1.30 bits per heavy atom. The highest BCUT2D eigenvalue weighted by Gasteiger charge is 2.27. The predicted octanol–water partition coefficient (Wildman–Crippen LogP) is 3.74. The first-order valence-electron chi connectivity index (χ1n) is 10.2. The number of fused-ring (bicyclic) bond motifs is 1. The first-order chi connectivity index (χ1) is 14.6. The lowest BCUT2D eigenvalue weighted by Gasteiger charge is -2.35. The van der Waals surface area contributed by atoms with Gasteiger partial charge in [-0.05, 0) is 62.4 Å². The summed E-state index contributed by atoms with van der Waals surface area (Å²) in [5.74, 6) is 1.80. The highest BCUT2D eigenvalue weighted by molar-refractivity contribution is 7.98. The summed E-state index contributed by atoms with van der Waals surface area (Å²) in [4.78, 5) is 19.2. The molecular weight excluding hydrogens is 422 g/mol. The molecule has 2 aliphatic heterocycles. The van der Waals surface area contributed by atoms with Gasteiger partial charge in [-0.15, -0.1) is 11.8 Å². The van der Waals surface area contributed by atoms with Gasteiger partial charge in [0.15, 0.2) is 11.5 Å². The zero-order valence-electron chi connectivity index (χ0n) is 17.0. The van der Waals surface area contributed by atoms with Gasteiger partial charge < -0.3 is 14.8 Å². The molecule has 1 aromatic carbocycles. The number of carbonyl (C=O) groups excluding carboxylic acids is 1. The number of nitrogens with zero attached hydrogens (tertiary/aromatic N) is 2. The number of amides is 1. The van der Waals surface area contributed by atoms with Gasteiger partial charge >= 0.3 is 0 Å². The van der Waals surface area contributed by atoms with E-state index in [1.165, 1.54) is 11.8 Å². The number of carbonyl (C=O) groups is 1. The number of aromatic nitrogens is 1. The fourth-order valence-electron chi connectivity index (χ4n) is 3.91. The molecular formula is C22H26ClN3O3S. The van der Waals surface area contributed by atoms with E-state index >= 15 is 0 Å². The molecule has 3 heterocycles. The first kappa shape index (κ1) is 21.3. The summed E-state index contributed by atoms with van der Waals surface area (Å²) in [6, 6.07) is 9.19. The van der Waals surface area contributed by atoms with Crippen LogP contribution in [-0.2, 0) is 0 Å². The minimum atomic E-state index is -0.0434. The summed E-state index contributed by atoms with van der Waals surface area (Å²) >= 11 is 7.72. The van der Waals surface area contributed by atoms with Gasteiger partial charge in [-0.1, -0.05) is 17.7 Å². The zero-order chi connectivity index (χ0) is 20.9. The Bertz CT molecular complexity index is 890. The Morgan fingerprint density at radius 3 is 2.93 bits per heavy atom. The van der Waals surface area contributed by atoms with Crippen LogP contribution in [0.15, 0.2) is 41.6 Å². The van der Waals surface area contributed by atoms with Crippen LogP contribution in [0.2, 0.25) is 5.02 Å². The molecule has 160 valence electrons. The van der Waals surface area contributed by atoms with E-state index in [1.54, 1.807) is 12.3 Å². The topological polar surface area (TPSA) is 63.7 Å². The van der Waals surface area contributed by atoms with Crippen LogP contribution in [0.25, 0.3) is 0 Å². The van der Waals surface area contributed by atoms with Crippen molar-refractivity contribution in [1.82, 2.24) is 15.2 Å². The molecule has 30 heavy (non-hydrogen) atoms. The molecule has 4 rings (SSSR count). The Balaban J connectivity index is 1.22. The van der Waals surface area contributed by atoms with E-state index in [9.17, 15) is 4.79 Å². The van der Waals surface area contributed by atoms with Gasteiger partial charge in [-0.2, -0.15) is 0 Å². The average molecular weight is 448 g/mol. The number of likely N-dealkylation sites (tertiary alicyclic amines) is 1. The van der Waals surface area contributed by atoms with E-state index in [4.69, 9.17) is 21.1 Å². The molecule has 0 radical (unpaired) electrons. The summed E-state index contributed by atoms with van der Waals surface area (Å²) in [6.45, 7) is 4.02. The van der Waals surface area contributed by atoms with Gasteiger partial charge in [0, 0.05) is 19.3 Å². The van der Waals surface area contributed by atoms with E-state index in [-0.39, 0.29) is 12.0 Å². The summed E-state index contributed by atoms with van der Waals surface area (Å²) in [7, 11) is 0. The number of nitrogens with one attached hydrogen (secondary N) is 1. The number of pyridine rings is 1. The maximum atomic E-state index is 12.5. The Morgan fingerprint density at radius 2 is 2.13 bits per heavy atom. The Hall–Kier alpha value is -1.96. The second kappa shape index (κ2) is 9.90. The molecule has 6 nitrogen and oxygen atoms in total. The highest BCUT2D eigenvalue weighted by atomic mass is 35.5. The maximum absolute atomic E-state index is 12.5. The molecule has 1 fully saturated rings. The number of benzene rings is 1. The van der Waals surface area contributed by atoms with Gasteiger partial charge in [0.05, 0.1) is 10.6 Å². The number of ether oxygens (including phenoxy) is 2. The molecule has 0 saturated carbocycles. The van der Waals surface area contributed by atoms with Crippen molar-refractivity contribution in [2.24, 2.45) is 5.92 Å².